The number of nitrogens with zero attached hydrogens (tertiary/aromatic N) is 5. The van der Waals surface area contributed by atoms with Gasteiger partial charge < -0.3 is 4.42 Å². The first kappa shape index (κ1) is 20.9. The minimum Gasteiger partial charge on any atom is -0.419 e. The predicted molar refractivity (Wildman–Crippen MR) is 118 cm³/mol. The molecule has 0 amide bonds. The van der Waals surface area contributed by atoms with E-state index in [1.54, 1.807) is 12.1 Å². The largest absolute Gasteiger partial charge is 0.419 e. The Hall–Kier alpha value is -3.36. The third kappa shape index (κ3) is 5.22. The van der Waals surface area contributed by atoms with Crippen LogP contribution < -0.4 is 0 Å². The molecule has 1 saturated heterocycles. The lowest BCUT2D eigenvalue weighted by atomic mass is 10.2. The second kappa shape index (κ2) is 9.63. The van der Waals surface area contributed by atoms with Crippen LogP contribution in [-0.2, 0) is 0 Å². The zero-order chi connectivity index (χ0) is 21.6. The number of non-ortho nitro benzene ring substituents is 1. The Kier molecular flexibility index (Phi) is 6.49. The van der Waals surface area contributed by atoms with Crippen molar-refractivity contribution in [1.29, 1.82) is 0 Å². The van der Waals surface area contributed by atoms with E-state index in [2.05, 4.69) is 51.2 Å². The van der Waals surface area contributed by atoms with E-state index in [1.165, 1.54) is 17.7 Å². The first-order valence-corrected chi connectivity index (χ1v) is 10.4. The minimum atomic E-state index is -0.428. The lowest BCUT2D eigenvalue weighted by molar-refractivity contribution is -0.384. The monoisotopic (exact) mass is 419 g/mol. The molecule has 3 aromatic rings. The number of nitro benzene ring substituents is 1. The van der Waals surface area contributed by atoms with Crippen LogP contribution in [0.15, 0.2) is 65.1 Å². The molecule has 1 unspecified atom stereocenters. The summed E-state index contributed by atoms with van der Waals surface area (Å²) in [6, 6.07) is 16.5. The van der Waals surface area contributed by atoms with Crippen LogP contribution in [-0.4, -0.2) is 57.6 Å². The minimum absolute atomic E-state index is 0.0151. The maximum absolute atomic E-state index is 10.8. The van der Waals surface area contributed by atoms with Crippen LogP contribution >= 0.6 is 0 Å². The van der Waals surface area contributed by atoms with Gasteiger partial charge in [-0.1, -0.05) is 42.5 Å². The van der Waals surface area contributed by atoms with Crippen molar-refractivity contribution in [2.45, 2.75) is 13.0 Å². The smallest absolute Gasteiger partial charge is 0.269 e. The van der Waals surface area contributed by atoms with E-state index >= 15 is 0 Å². The van der Waals surface area contributed by atoms with Crippen molar-refractivity contribution in [3.05, 3.63) is 82.2 Å². The number of rotatable bonds is 7. The molecule has 2 aromatic carbocycles. The van der Waals surface area contributed by atoms with Crippen molar-refractivity contribution in [1.82, 2.24) is 20.0 Å². The molecule has 1 aliphatic rings. The molecule has 31 heavy (non-hydrogen) atoms. The molecule has 2 heterocycles. The fraction of sp³-hybridized carbons (Fsp3) is 0.304. The average molecular weight is 419 g/mol. The quantitative estimate of drug-likeness (QED) is 0.422. The molecule has 8 heteroatoms. The van der Waals surface area contributed by atoms with Gasteiger partial charge in [-0.05, 0) is 24.6 Å². The summed E-state index contributed by atoms with van der Waals surface area (Å²) in [5.74, 6) is 0.937. The van der Waals surface area contributed by atoms with Crippen molar-refractivity contribution in [2.75, 3.05) is 32.7 Å². The van der Waals surface area contributed by atoms with Crippen molar-refractivity contribution < 1.29 is 9.34 Å². The van der Waals surface area contributed by atoms with Gasteiger partial charge in [-0.15, -0.1) is 10.2 Å². The lowest BCUT2D eigenvalue weighted by Gasteiger charge is -2.36. The average Bonchev–Trinajstić information content (AvgIpc) is 3.30. The first-order valence-electron chi connectivity index (χ1n) is 10.4. The Morgan fingerprint density at radius 1 is 1.06 bits per heavy atom. The van der Waals surface area contributed by atoms with Gasteiger partial charge in [0.05, 0.1) is 11.0 Å². The van der Waals surface area contributed by atoms with Crippen LogP contribution in [0.1, 0.15) is 24.4 Å². The summed E-state index contributed by atoms with van der Waals surface area (Å²) in [4.78, 5) is 15.1. The number of nitro groups is 1. The topological polar surface area (TPSA) is 88.5 Å². The number of aromatic nitrogens is 2. The van der Waals surface area contributed by atoms with Gasteiger partial charge >= 0.3 is 0 Å². The number of piperazine rings is 1. The van der Waals surface area contributed by atoms with E-state index in [0.717, 1.165) is 32.7 Å². The van der Waals surface area contributed by atoms with E-state index in [9.17, 15) is 10.1 Å². The molecule has 1 aliphatic heterocycles. The molecule has 160 valence electrons. The standard InChI is InChI=1S/C23H25N5O3/c1-18(22-24-25-23(31-22)20-9-11-21(12-10-20)28(29)30)27-16-14-26(15-17-27)13-5-8-19-6-3-2-4-7-19/h2-12,18H,13-17H2,1H3/b8-5+. The molecule has 0 spiro atoms. The second-order valence-corrected chi connectivity index (χ2v) is 7.58. The summed E-state index contributed by atoms with van der Waals surface area (Å²) >= 11 is 0. The Morgan fingerprint density at radius 2 is 1.77 bits per heavy atom. The highest BCUT2D eigenvalue weighted by atomic mass is 16.6. The summed E-state index contributed by atoms with van der Waals surface area (Å²) in [6.45, 7) is 6.81. The number of hydrogen-bond acceptors (Lipinski definition) is 7. The highest BCUT2D eigenvalue weighted by molar-refractivity contribution is 5.55. The summed E-state index contributed by atoms with van der Waals surface area (Å²) in [5.41, 5.74) is 1.93. The summed E-state index contributed by atoms with van der Waals surface area (Å²) in [6.07, 6.45) is 4.37. The Bertz CT molecular complexity index is 1020. The van der Waals surface area contributed by atoms with Crippen LogP contribution in [0.2, 0.25) is 0 Å². The molecular formula is C23H25N5O3. The summed E-state index contributed by atoms with van der Waals surface area (Å²) in [5, 5.41) is 19.1. The third-order valence-electron chi connectivity index (χ3n) is 5.55. The van der Waals surface area contributed by atoms with Crippen LogP contribution in [0.4, 0.5) is 5.69 Å². The molecule has 0 aliphatic carbocycles. The van der Waals surface area contributed by atoms with Crippen molar-refractivity contribution in [3.63, 3.8) is 0 Å². The van der Waals surface area contributed by atoms with Crippen LogP contribution in [0.3, 0.4) is 0 Å². The van der Waals surface area contributed by atoms with Crippen molar-refractivity contribution >= 4 is 11.8 Å². The molecule has 0 bridgehead atoms. The van der Waals surface area contributed by atoms with Gasteiger partial charge in [-0.25, -0.2) is 0 Å². The molecule has 0 N–H and O–H groups in total. The lowest BCUT2D eigenvalue weighted by Crippen LogP contribution is -2.47. The number of benzene rings is 2. The highest BCUT2D eigenvalue weighted by Gasteiger charge is 2.25. The molecule has 4 rings (SSSR count). The second-order valence-electron chi connectivity index (χ2n) is 7.58. The van der Waals surface area contributed by atoms with Gasteiger partial charge in [0, 0.05) is 50.4 Å². The normalized spacial score (nSPS) is 16.5. The van der Waals surface area contributed by atoms with Crippen LogP contribution in [0.5, 0.6) is 0 Å². The van der Waals surface area contributed by atoms with Gasteiger partial charge in [0.15, 0.2) is 0 Å². The fourth-order valence-electron chi connectivity index (χ4n) is 3.64. The summed E-state index contributed by atoms with van der Waals surface area (Å²) in [7, 11) is 0. The third-order valence-corrected chi connectivity index (χ3v) is 5.55. The van der Waals surface area contributed by atoms with Crippen LogP contribution in [0, 0.1) is 10.1 Å². The van der Waals surface area contributed by atoms with Crippen LogP contribution in [0.25, 0.3) is 17.5 Å². The SMILES string of the molecule is CC(c1nnc(-c2ccc([N+](=O)[O-])cc2)o1)N1CCN(C/C=C/c2ccccc2)CC1. The van der Waals surface area contributed by atoms with E-state index < -0.39 is 4.92 Å². The molecule has 0 radical (unpaired) electrons. The van der Waals surface area contributed by atoms with E-state index in [4.69, 9.17) is 4.42 Å². The van der Waals surface area contributed by atoms with Gasteiger partial charge in [-0.2, -0.15) is 0 Å². The van der Waals surface area contributed by atoms with Gasteiger partial charge in [-0.3, -0.25) is 19.9 Å². The highest BCUT2D eigenvalue weighted by Crippen LogP contribution is 2.26. The molecule has 1 fully saturated rings. The maximum atomic E-state index is 10.8. The molecular weight excluding hydrogens is 394 g/mol. The van der Waals surface area contributed by atoms with Gasteiger partial charge in [0.1, 0.15) is 0 Å². The Labute approximate surface area is 181 Å². The van der Waals surface area contributed by atoms with Gasteiger partial charge in [0.2, 0.25) is 11.8 Å². The summed E-state index contributed by atoms with van der Waals surface area (Å²) < 4.78 is 5.87. The molecule has 1 atom stereocenters. The van der Waals surface area contributed by atoms with Gasteiger partial charge in [0.25, 0.3) is 5.69 Å². The van der Waals surface area contributed by atoms with Crippen molar-refractivity contribution in [3.8, 4) is 11.5 Å². The molecule has 1 aromatic heterocycles. The molecule has 0 saturated carbocycles. The van der Waals surface area contributed by atoms with E-state index in [0.29, 0.717) is 17.3 Å². The first-order chi connectivity index (χ1) is 15.1. The Balaban J connectivity index is 1.30. The zero-order valence-electron chi connectivity index (χ0n) is 17.4. The predicted octanol–water partition coefficient (Wildman–Crippen LogP) is 4.04. The Morgan fingerprint density at radius 3 is 2.45 bits per heavy atom. The van der Waals surface area contributed by atoms with E-state index in [1.807, 2.05) is 18.2 Å². The fourth-order valence-corrected chi connectivity index (χ4v) is 3.64. The van der Waals surface area contributed by atoms with E-state index in [-0.39, 0.29) is 11.7 Å². The molecule has 8 nitrogen and oxygen atoms in total. The number of hydrogen-bond donors (Lipinski definition) is 0. The zero-order valence-corrected chi connectivity index (χ0v) is 17.4. The maximum Gasteiger partial charge on any atom is 0.269 e. The van der Waals surface area contributed by atoms with Crippen molar-refractivity contribution in [2.24, 2.45) is 0 Å².